The van der Waals surface area contributed by atoms with Crippen LogP contribution in [0.3, 0.4) is 0 Å². The Morgan fingerprint density at radius 1 is 1.24 bits per heavy atom. The van der Waals surface area contributed by atoms with Crippen LogP contribution in [-0.2, 0) is 6.54 Å². The Balaban J connectivity index is 1.80. The summed E-state index contributed by atoms with van der Waals surface area (Å²) < 4.78 is 0. The number of nitrogens with zero attached hydrogens (tertiary/aromatic N) is 4. The number of thiazole rings is 1. The van der Waals surface area contributed by atoms with E-state index in [-0.39, 0.29) is 12.1 Å². The Bertz CT molecular complexity index is 1130. The maximum atomic E-state index is 12.3. The number of amides is 2. The van der Waals surface area contributed by atoms with Crippen LogP contribution in [0, 0.1) is 6.92 Å². The predicted molar refractivity (Wildman–Crippen MR) is 152 cm³/mol. The number of hydrogen-bond acceptors (Lipinski definition) is 8. The van der Waals surface area contributed by atoms with E-state index in [1.54, 1.807) is 11.3 Å². The van der Waals surface area contributed by atoms with Crippen molar-refractivity contribution in [1.29, 1.82) is 0 Å². The highest BCUT2D eigenvalue weighted by Gasteiger charge is 2.22. The molecule has 10 heteroatoms. The maximum Gasteiger partial charge on any atom is 0.317 e. The molecule has 1 aliphatic heterocycles. The minimum absolute atomic E-state index is 0.00167. The largest absolute Gasteiger partial charge is 0.370 e. The second kappa shape index (κ2) is 13.4. The molecule has 1 aliphatic rings. The molecule has 1 unspecified atom stereocenters. The van der Waals surface area contributed by atoms with Gasteiger partial charge < -0.3 is 26.0 Å². The van der Waals surface area contributed by atoms with Crippen LogP contribution in [0.15, 0.2) is 48.8 Å². The highest BCUT2D eigenvalue weighted by atomic mass is 32.1. The molecule has 37 heavy (non-hydrogen) atoms. The molecule has 200 valence electrons. The van der Waals surface area contributed by atoms with Crippen LogP contribution < -0.4 is 16.0 Å². The van der Waals surface area contributed by atoms with E-state index in [1.165, 1.54) is 6.08 Å². The number of urea groups is 1. The van der Waals surface area contributed by atoms with Gasteiger partial charge in [0.05, 0.1) is 5.69 Å². The Labute approximate surface area is 224 Å². The van der Waals surface area contributed by atoms with E-state index in [0.29, 0.717) is 13.1 Å². The van der Waals surface area contributed by atoms with Crippen LogP contribution >= 0.6 is 11.3 Å². The quantitative estimate of drug-likeness (QED) is 0.209. The number of pyridine rings is 1. The van der Waals surface area contributed by atoms with Crippen LogP contribution in [0.4, 0.5) is 15.7 Å². The van der Waals surface area contributed by atoms with Crippen molar-refractivity contribution in [2.24, 2.45) is 0 Å². The average Bonchev–Trinajstić information content (AvgIpc) is 3.27. The first-order valence-corrected chi connectivity index (χ1v) is 13.4. The fraction of sp³-hybridized carbons (Fsp3) is 0.444. The van der Waals surface area contributed by atoms with Crippen molar-refractivity contribution in [3.63, 3.8) is 0 Å². The highest BCUT2D eigenvalue weighted by Crippen LogP contribution is 2.25. The van der Waals surface area contributed by atoms with Gasteiger partial charge in [0, 0.05) is 55.5 Å². The Morgan fingerprint density at radius 3 is 2.57 bits per heavy atom. The van der Waals surface area contributed by atoms with Crippen molar-refractivity contribution >= 4 is 33.9 Å². The molecular formula is C27H39N7O2S. The first-order valence-electron chi connectivity index (χ1n) is 12.6. The molecule has 1 fully saturated rings. The smallest absolute Gasteiger partial charge is 0.317 e. The van der Waals surface area contributed by atoms with Gasteiger partial charge in [-0.2, -0.15) is 0 Å². The van der Waals surface area contributed by atoms with E-state index in [0.717, 1.165) is 58.0 Å². The summed E-state index contributed by atoms with van der Waals surface area (Å²) in [6.07, 6.45) is 6.30. The number of aliphatic hydroxyl groups is 1. The fourth-order valence-corrected chi connectivity index (χ4v) is 4.59. The standard InChI is InChI=1S/C27H39N7O2S/c1-7-22(30-25(35)8-2)13-19(5)23-14-21(15-24(31-23)32-26-28-16-20(6)37-26)17-33-9-11-34(12-10-33)27(36)29-18(3)4/h7-8,13-16,18,25,30,35H,2,9-12,17H2,1,3-6H3,(H,29,36)(H,28,31,32)/b19-13+,22-7+. The second-order valence-electron chi connectivity index (χ2n) is 9.41. The van der Waals surface area contributed by atoms with Crippen molar-refractivity contribution in [2.75, 3.05) is 31.5 Å². The normalized spacial score (nSPS) is 16.0. The van der Waals surface area contributed by atoms with E-state index < -0.39 is 6.23 Å². The zero-order valence-corrected chi connectivity index (χ0v) is 23.2. The molecule has 0 spiro atoms. The van der Waals surface area contributed by atoms with E-state index in [9.17, 15) is 9.90 Å². The molecule has 9 nitrogen and oxygen atoms in total. The van der Waals surface area contributed by atoms with E-state index in [2.05, 4.69) is 44.5 Å². The van der Waals surface area contributed by atoms with Crippen LogP contribution in [0.5, 0.6) is 0 Å². The number of anilines is 2. The molecule has 0 radical (unpaired) electrons. The highest BCUT2D eigenvalue weighted by molar-refractivity contribution is 7.15. The number of hydrogen-bond donors (Lipinski definition) is 4. The molecule has 2 aromatic rings. The summed E-state index contributed by atoms with van der Waals surface area (Å²) in [6.45, 7) is 17.2. The van der Waals surface area contributed by atoms with E-state index in [1.807, 2.05) is 57.9 Å². The lowest BCUT2D eigenvalue weighted by Crippen LogP contribution is -2.52. The molecular weight excluding hydrogens is 486 g/mol. The second-order valence-corrected chi connectivity index (χ2v) is 10.6. The fourth-order valence-electron chi connectivity index (χ4n) is 3.92. The van der Waals surface area contributed by atoms with Crippen molar-refractivity contribution in [2.45, 2.75) is 53.4 Å². The summed E-state index contributed by atoms with van der Waals surface area (Å²) in [5.74, 6) is 0.727. The number of carbonyl (C=O) groups is 1. The van der Waals surface area contributed by atoms with Gasteiger partial charge in [-0.05, 0) is 70.0 Å². The lowest BCUT2D eigenvalue weighted by atomic mass is 10.1. The van der Waals surface area contributed by atoms with Gasteiger partial charge in [0.15, 0.2) is 5.13 Å². The summed E-state index contributed by atoms with van der Waals surface area (Å²) in [7, 11) is 0. The van der Waals surface area contributed by atoms with Gasteiger partial charge in [0.25, 0.3) is 0 Å². The lowest BCUT2D eigenvalue weighted by molar-refractivity contribution is 0.134. The van der Waals surface area contributed by atoms with Gasteiger partial charge >= 0.3 is 6.03 Å². The minimum Gasteiger partial charge on any atom is -0.370 e. The predicted octanol–water partition coefficient (Wildman–Crippen LogP) is 4.23. The van der Waals surface area contributed by atoms with Gasteiger partial charge in [-0.1, -0.05) is 12.7 Å². The Morgan fingerprint density at radius 2 is 1.97 bits per heavy atom. The number of carbonyl (C=O) groups excluding carboxylic acids is 1. The summed E-state index contributed by atoms with van der Waals surface area (Å²) in [5.41, 5.74) is 3.68. The van der Waals surface area contributed by atoms with Gasteiger partial charge in [0.2, 0.25) is 0 Å². The van der Waals surface area contributed by atoms with Crippen molar-refractivity contribution in [3.8, 4) is 0 Å². The number of piperazine rings is 1. The van der Waals surface area contributed by atoms with E-state index >= 15 is 0 Å². The maximum absolute atomic E-state index is 12.3. The number of aryl methyl sites for hydroxylation is 1. The molecule has 0 aliphatic carbocycles. The van der Waals surface area contributed by atoms with Crippen molar-refractivity contribution in [3.05, 3.63) is 65.0 Å². The molecule has 3 rings (SSSR count). The van der Waals surface area contributed by atoms with Crippen LogP contribution in [0.2, 0.25) is 0 Å². The topological polar surface area (TPSA) is 106 Å². The number of aliphatic hydroxyl groups excluding tert-OH is 1. The van der Waals surface area contributed by atoms with Crippen LogP contribution in [0.25, 0.3) is 5.57 Å². The molecule has 1 atom stereocenters. The van der Waals surface area contributed by atoms with E-state index in [4.69, 9.17) is 4.98 Å². The van der Waals surface area contributed by atoms with Crippen molar-refractivity contribution in [1.82, 2.24) is 30.4 Å². The molecule has 0 saturated carbocycles. The Kier molecular flexibility index (Phi) is 10.2. The number of allylic oxidation sites excluding steroid dienone is 3. The average molecular weight is 526 g/mol. The SMILES string of the molecule is C=CC(O)NC(=C/C)/C=C(\C)c1cc(CN2CCN(C(=O)NC(C)C)CC2)cc(Nc2ncc(C)s2)n1. The summed E-state index contributed by atoms with van der Waals surface area (Å²) >= 11 is 1.58. The summed E-state index contributed by atoms with van der Waals surface area (Å²) in [6, 6.07) is 4.28. The summed E-state index contributed by atoms with van der Waals surface area (Å²) in [5, 5.41) is 20.0. The first-order chi connectivity index (χ1) is 17.7. The van der Waals surface area contributed by atoms with Crippen LogP contribution in [-0.4, -0.2) is 69.4 Å². The molecule has 0 aromatic carbocycles. The third kappa shape index (κ3) is 8.70. The summed E-state index contributed by atoms with van der Waals surface area (Å²) in [4.78, 5) is 27.0. The molecule has 0 bridgehead atoms. The minimum atomic E-state index is -0.832. The van der Waals surface area contributed by atoms with Gasteiger partial charge in [-0.3, -0.25) is 4.90 Å². The molecule has 3 heterocycles. The van der Waals surface area contributed by atoms with Crippen LogP contribution in [0.1, 0.15) is 43.8 Å². The third-order valence-corrected chi connectivity index (χ3v) is 6.67. The molecule has 2 aromatic heterocycles. The molecule has 2 amide bonds. The van der Waals surface area contributed by atoms with Gasteiger partial charge in [-0.25, -0.2) is 14.8 Å². The third-order valence-electron chi connectivity index (χ3n) is 5.84. The first kappa shape index (κ1) is 28.4. The zero-order chi connectivity index (χ0) is 26.9. The van der Waals surface area contributed by atoms with Gasteiger partial charge in [-0.15, -0.1) is 11.3 Å². The number of aromatic nitrogens is 2. The lowest BCUT2D eigenvalue weighted by Gasteiger charge is -2.35. The monoisotopic (exact) mass is 525 g/mol. The Hall–Kier alpha value is -3.21. The van der Waals surface area contributed by atoms with Gasteiger partial charge in [0.1, 0.15) is 12.0 Å². The zero-order valence-electron chi connectivity index (χ0n) is 22.4. The number of rotatable bonds is 10. The molecule has 4 N–H and O–H groups in total. The molecule has 1 saturated heterocycles. The number of nitrogens with one attached hydrogen (secondary N) is 3. The van der Waals surface area contributed by atoms with Crippen molar-refractivity contribution < 1.29 is 9.90 Å².